The number of carbonyl (C=O) groups excluding carboxylic acids is 1. The summed E-state index contributed by atoms with van der Waals surface area (Å²) >= 11 is 2.67. The van der Waals surface area contributed by atoms with Gasteiger partial charge in [-0.25, -0.2) is 12.7 Å². The molecule has 0 radical (unpaired) electrons. The Bertz CT molecular complexity index is 1410. The van der Waals surface area contributed by atoms with Crippen LogP contribution in [0.5, 0.6) is 0 Å². The van der Waals surface area contributed by atoms with Crippen molar-refractivity contribution >= 4 is 45.1 Å². The number of amides is 1. The van der Waals surface area contributed by atoms with Crippen LogP contribution in [0.25, 0.3) is 0 Å². The SMILES string of the molecule is C=CCc1ccccc1N(C(=O)C(Sc1ccccc1)Sc1ccccc1)S(=O)(=O)c1ccc(C)cc1. The fourth-order valence-electron chi connectivity index (χ4n) is 3.69. The number of para-hydroxylation sites is 1. The van der Waals surface area contributed by atoms with E-state index in [0.717, 1.165) is 19.7 Å². The lowest BCUT2D eigenvalue weighted by molar-refractivity contribution is -0.115. The van der Waals surface area contributed by atoms with E-state index in [0.29, 0.717) is 17.7 Å². The van der Waals surface area contributed by atoms with Crippen LogP contribution in [0.4, 0.5) is 5.69 Å². The first-order valence-corrected chi connectivity index (χ1v) is 14.9. The Labute approximate surface area is 227 Å². The molecule has 4 aromatic carbocycles. The number of anilines is 1. The fraction of sp³-hybridized carbons (Fsp3) is 0.100. The van der Waals surface area contributed by atoms with Crippen LogP contribution < -0.4 is 4.31 Å². The highest BCUT2D eigenvalue weighted by molar-refractivity contribution is 8.18. The van der Waals surface area contributed by atoms with Gasteiger partial charge in [0.1, 0.15) is 4.58 Å². The van der Waals surface area contributed by atoms with Crippen LogP contribution in [0, 0.1) is 6.92 Å². The lowest BCUT2D eigenvalue weighted by atomic mass is 10.1. The number of benzene rings is 4. The lowest BCUT2D eigenvalue weighted by Gasteiger charge is -2.28. The molecule has 4 rings (SSSR count). The summed E-state index contributed by atoms with van der Waals surface area (Å²) < 4.78 is 28.4. The van der Waals surface area contributed by atoms with Crippen molar-refractivity contribution in [2.75, 3.05) is 4.31 Å². The number of allylic oxidation sites excluding steroid dienone is 1. The second kappa shape index (κ2) is 12.3. The Morgan fingerprint density at radius 1 is 0.811 bits per heavy atom. The van der Waals surface area contributed by atoms with Crippen LogP contribution in [0.3, 0.4) is 0 Å². The number of thioether (sulfide) groups is 2. The van der Waals surface area contributed by atoms with Crippen molar-refractivity contribution in [3.05, 3.63) is 133 Å². The van der Waals surface area contributed by atoms with Gasteiger partial charge in [0.05, 0.1) is 10.6 Å². The summed E-state index contributed by atoms with van der Waals surface area (Å²) in [5.41, 5.74) is 1.97. The minimum atomic E-state index is -4.22. The van der Waals surface area contributed by atoms with Gasteiger partial charge in [-0.3, -0.25) is 4.79 Å². The van der Waals surface area contributed by atoms with Crippen LogP contribution >= 0.6 is 23.5 Å². The van der Waals surface area contributed by atoms with Gasteiger partial charge in [0.15, 0.2) is 0 Å². The zero-order chi connectivity index (χ0) is 26.3. The molecule has 0 saturated carbocycles. The molecule has 0 heterocycles. The molecule has 188 valence electrons. The van der Waals surface area contributed by atoms with E-state index in [1.54, 1.807) is 42.5 Å². The van der Waals surface area contributed by atoms with E-state index in [2.05, 4.69) is 6.58 Å². The number of hydrogen-bond donors (Lipinski definition) is 0. The van der Waals surface area contributed by atoms with E-state index in [-0.39, 0.29) is 4.90 Å². The summed E-state index contributed by atoms with van der Waals surface area (Å²) in [6.07, 6.45) is 2.13. The lowest BCUT2D eigenvalue weighted by Crippen LogP contribution is -2.42. The van der Waals surface area contributed by atoms with Crippen LogP contribution in [0.2, 0.25) is 0 Å². The summed E-state index contributed by atoms with van der Waals surface area (Å²) in [5, 5.41) is 0. The first-order chi connectivity index (χ1) is 17.9. The molecule has 37 heavy (non-hydrogen) atoms. The molecule has 0 bridgehead atoms. The quantitative estimate of drug-likeness (QED) is 0.118. The maximum absolute atomic E-state index is 14.4. The van der Waals surface area contributed by atoms with Crippen molar-refractivity contribution in [1.82, 2.24) is 0 Å². The van der Waals surface area contributed by atoms with Crippen LogP contribution in [-0.4, -0.2) is 18.9 Å². The Morgan fingerprint density at radius 3 is 1.86 bits per heavy atom. The molecule has 7 heteroatoms. The summed E-state index contributed by atoms with van der Waals surface area (Å²) in [6.45, 7) is 5.71. The standard InChI is InChI=1S/C30H27NO3S3/c1-3-12-24-13-10-11-18-28(24)31(37(33,34)27-21-19-23(2)20-22-27)29(32)30(35-25-14-6-4-7-15-25)36-26-16-8-5-9-17-26/h3-11,13-22,30H,1,12H2,2H3. The predicted octanol–water partition coefficient (Wildman–Crippen LogP) is 7.36. The predicted molar refractivity (Wildman–Crippen MR) is 155 cm³/mol. The van der Waals surface area contributed by atoms with E-state index >= 15 is 0 Å². The Balaban J connectivity index is 1.85. The molecule has 0 unspecified atom stereocenters. The number of carbonyl (C=O) groups is 1. The van der Waals surface area contributed by atoms with Gasteiger partial charge in [0.2, 0.25) is 0 Å². The molecule has 0 fully saturated rings. The van der Waals surface area contributed by atoms with Crippen LogP contribution in [-0.2, 0) is 21.2 Å². The van der Waals surface area contributed by atoms with Gasteiger partial charge in [-0.15, -0.1) is 30.1 Å². The van der Waals surface area contributed by atoms with E-state index < -0.39 is 20.5 Å². The minimum absolute atomic E-state index is 0.0630. The molecular formula is C30H27NO3S3. The molecule has 0 atom stereocenters. The third-order valence-corrected chi connectivity index (χ3v) is 9.73. The minimum Gasteiger partial charge on any atom is -0.271 e. The maximum atomic E-state index is 14.4. The third kappa shape index (κ3) is 6.55. The smallest absolute Gasteiger partial charge is 0.270 e. The van der Waals surface area contributed by atoms with Gasteiger partial charge in [0.25, 0.3) is 15.9 Å². The summed E-state index contributed by atoms with van der Waals surface area (Å²) in [4.78, 5) is 16.2. The average Bonchev–Trinajstić information content (AvgIpc) is 2.91. The molecule has 1 amide bonds. The molecule has 0 spiro atoms. The second-order valence-corrected chi connectivity index (χ2v) is 12.7. The molecule has 0 aliphatic carbocycles. The van der Waals surface area contributed by atoms with E-state index in [9.17, 15) is 13.2 Å². The van der Waals surface area contributed by atoms with Gasteiger partial charge in [-0.05, 0) is 61.4 Å². The van der Waals surface area contributed by atoms with Gasteiger partial charge >= 0.3 is 0 Å². The largest absolute Gasteiger partial charge is 0.271 e. The fourth-order valence-corrected chi connectivity index (χ4v) is 7.68. The normalized spacial score (nSPS) is 11.3. The Hall–Kier alpha value is -3.26. The molecule has 0 N–H and O–H groups in total. The van der Waals surface area contributed by atoms with Crippen molar-refractivity contribution in [2.24, 2.45) is 0 Å². The van der Waals surface area contributed by atoms with Gasteiger partial charge < -0.3 is 0 Å². The first kappa shape index (κ1) is 26.8. The van der Waals surface area contributed by atoms with Crippen molar-refractivity contribution < 1.29 is 13.2 Å². The maximum Gasteiger partial charge on any atom is 0.270 e. The average molecular weight is 546 g/mol. The molecule has 0 aliphatic rings. The van der Waals surface area contributed by atoms with Crippen molar-refractivity contribution in [1.29, 1.82) is 0 Å². The molecule has 0 aromatic heterocycles. The van der Waals surface area contributed by atoms with Gasteiger partial charge in [-0.1, -0.05) is 78.4 Å². The zero-order valence-electron chi connectivity index (χ0n) is 20.4. The molecular weight excluding hydrogens is 519 g/mol. The van der Waals surface area contributed by atoms with E-state index in [1.807, 2.05) is 79.7 Å². The third-order valence-electron chi connectivity index (χ3n) is 5.51. The Morgan fingerprint density at radius 2 is 1.32 bits per heavy atom. The summed E-state index contributed by atoms with van der Waals surface area (Å²) in [6, 6.07) is 32.7. The summed E-state index contributed by atoms with van der Waals surface area (Å²) in [5.74, 6) is -0.528. The van der Waals surface area contributed by atoms with Gasteiger partial charge in [-0.2, -0.15) is 0 Å². The molecule has 0 saturated heterocycles. The topological polar surface area (TPSA) is 54.5 Å². The number of rotatable bonds is 10. The number of sulfonamides is 1. The van der Waals surface area contributed by atoms with Crippen molar-refractivity contribution in [3.63, 3.8) is 0 Å². The van der Waals surface area contributed by atoms with Gasteiger partial charge in [0, 0.05) is 9.79 Å². The Kier molecular flexibility index (Phi) is 8.92. The van der Waals surface area contributed by atoms with E-state index in [4.69, 9.17) is 0 Å². The van der Waals surface area contributed by atoms with Crippen molar-refractivity contribution in [2.45, 2.75) is 32.6 Å². The molecule has 4 nitrogen and oxygen atoms in total. The van der Waals surface area contributed by atoms with E-state index in [1.165, 1.54) is 23.5 Å². The summed E-state index contributed by atoms with van der Waals surface area (Å²) in [7, 11) is -4.22. The van der Waals surface area contributed by atoms with Crippen LogP contribution in [0.1, 0.15) is 11.1 Å². The zero-order valence-corrected chi connectivity index (χ0v) is 22.8. The van der Waals surface area contributed by atoms with Crippen LogP contribution in [0.15, 0.2) is 137 Å². The number of aryl methyl sites for hydroxylation is 1. The number of nitrogens with zero attached hydrogens (tertiary/aromatic N) is 1. The highest BCUT2D eigenvalue weighted by Gasteiger charge is 2.37. The molecule has 0 aliphatic heterocycles. The highest BCUT2D eigenvalue weighted by atomic mass is 32.2. The van der Waals surface area contributed by atoms with Crippen molar-refractivity contribution in [3.8, 4) is 0 Å². The first-order valence-electron chi connectivity index (χ1n) is 11.7. The number of hydrogen-bond acceptors (Lipinski definition) is 5. The molecule has 4 aromatic rings. The highest BCUT2D eigenvalue weighted by Crippen LogP contribution is 2.39. The monoisotopic (exact) mass is 545 g/mol. The second-order valence-electron chi connectivity index (χ2n) is 8.24.